The second-order valence-electron chi connectivity index (χ2n) is 6.07. The zero-order chi connectivity index (χ0) is 17.0. The molecule has 1 aromatic carbocycles. The van der Waals surface area contributed by atoms with Gasteiger partial charge in [-0.3, -0.25) is 4.79 Å². The van der Waals surface area contributed by atoms with Gasteiger partial charge in [0.2, 0.25) is 5.91 Å². The molecule has 126 valence electrons. The molecule has 1 aliphatic rings. The fourth-order valence-corrected chi connectivity index (χ4v) is 2.35. The number of nitrogens with one attached hydrogen (secondary N) is 2. The van der Waals surface area contributed by atoms with E-state index >= 15 is 0 Å². The van der Waals surface area contributed by atoms with Crippen LogP contribution in [0.1, 0.15) is 31.1 Å². The van der Waals surface area contributed by atoms with Crippen molar-refractivity contribution in [2.45, 2.75) is 26.9 Å². The summed E-state index contributed by atoms with van der Waals surface area (Å²) >= 11 is 0. The lowest BCUT2D eigenvalue weighted by Gasteiger charge is -2.31. The monoisotopic (exact) mass is 320 g/mol. The molecule has 1 atom stereocenters. The molecule has 6 nitrogen and oxygen atoms in total. The fourth-order valence-electron chi connectivity index (χ4n) is 2.35. The summed E-state index contributed by atoms with van der Waals surface area (Å²) in [7, 11) is 1.32. The summed E-state index contributed by atoms with van der Waals surface area (Å²) in [4.78, 5) is 24.1. The van der Waals surface area contributed by atoms with Crippen molar-refractivity contribution in [2.75, 3.05) is 25.5 Å². The Morgan fingerprint density at radius 1 is 1.26 bits per heavy atom. The number of hydrogen-bond acceptors (Lipinski definition) is 5. The number of ether oxygens (including phenoxy) is 2. The number of methoxy groups -OCH3 is 1. The van der Waals surface area contributed by atoms with E-state index in [4.69, 9.17) is 9.47 Å². The van der Waals surface area contributed by atoms with Gasteiger partial charge in [-0.2, -0.15) is 0 Å². The van der Waals surface area contributed by atoms with Gasteiger partial charge in [-0.05, 0) is 51.1 Å². The molecule has 2 N–H and O–H groups in total. The lowest BCUT2D eigenvalue weighted by Crippen LogP contribution is -2.48. The summed E-state index contributed by atoms with van der Waals surface area (Å²) in [6.07, 6.45) is -0.0390. The Balaban J connectivity index is 2.21. The molecule has 0 bridgehead atoms. The minimum atomic E-state index is -0.451. The normalized spacial score (nSPS) is 15.7. The summed E-state index contributed by atoms with van der Waals surface area (Å²) < 4.78 is 10.4. The number of carbonyl (C=O) groups is 2. The fraction of sp³-hybridized carbons (Fsp3) is 0.529. The molecular formula is C17H24N2O4. The molecule has 0 saturated carbocycles. The Morgan fingerprint density at radius 3 is 2.48 bits per heavy atom. The maximum Gasteiger partial charge on any atom is 0.337 e. The van der Waals surface area contributed by atoms with Crippen LogP contribution in [0, 0.1) is 11.8 Å². The minimum Gasteiger partial charge on any atom is -0.489 e. The van der Waals surface area contributed by atoms with Crippen LogP contribution < -0.4 is 15.4 Å². The Hall–Kier alpha value is -2.08. The molecule has 1 amide bonds. The molecule has 6 heteroatoms. The smallest absolute Gasteiger partial charge is 0.337 e. The standard InChI is InChI=1S/C17H24N2O4/c1-10(2)23-15-6-5-12(17(21)22-4)7-14(15)19-16(20)11(3)13-8-18-9-13/h5-7,10-11,13,18H,8-9H2,1-4H3,(H,19,20). The van der Waals surface area contributed by atoms with Crippen LogP contribution in [-0.4, -0.2) is 38.2 Å². The highest BCUT2D eigenvalue weighted by molar-refractivity contribution is 5.97. The van der Waals surface area contributed by atoms with Crippen molar-refractivity contribution in [1.82, 2.24) is 5.32 Å². The van der Waals surface area contributed by atoms with Gasteiger partial charge < -0.3 is 20.1 Å². The van der Waals surface area contributed by atoms with Crippen LogP contribution in [0.5, 0.6) is 5.75 Å². The lowest BCUT2D eigenvalue weighted by atomic mass is 9.88. The number of amides is 1. The molecule has 1 aromatic rings. The third-order valence-electron chi connectivity index (χ3n) is 3.95. The molecule has 2 rings (SSSR count). The van der Waals surface area contributed by atoms with Crippen molar-refractivity contribution in [3.63, 3.8) is 0 Å². The van der Waals surface area contributed by atoms with Crippen LogP contribution in [-0.2, 0) is 9.53 Å². The molecule has 0 spiro atoms. The minimum absolute atomic E-state index is 0.0390. The van der Waals surface area contributed by atoms with Crippen molar-refractivity contribution in [2.24, 2.45) is 11.8 Å². The largest absolute Gasteiger partial charge is 0.489 e. The van der Waals surface area contributed by atoms with Crippen LogP contribution in [0.15, 0.2) is 18.2 Å². The van der Waals surface area contributed by atoms with Crippen molar-refractivity contribution >= 4 is 17.6 Å². The molecule has 0 aromatic heterocycles. The highest BCUT2D eigenvalue weighted by Crippen LogP contribution is 2.28. The SMILES string of the molecule is COC(=O)c1ccc(OC(C)C)c(NC(=O)C(C)C2CNC2)c1. The van der Waals surface area contributed by atoms with Crippen molar-refractivity contribution in [1.29, 1.82) is 0 Å². The van der Waals surface area contributed by atoms with E-state index in [1.807, 2.05) is 20.8 Å². The predicted molar refractivity (Wildman–Crippen MR) is 87.7 cm³/mol. The van der Waals surface area contributed by atoms with Gasteiger partial charge in [0.25, 0.3) is 0 Å². The maximum absolute atomic E-state index is 12.4. The Morgan fingerprint density at radius 2 is 1.96 bits per heavy atom. The number of hydrogen-bond donors (Lipinski definition) is 2. The summed E-state index contributed by atoms with van der Waals surface area (Å²) in [5.74, 6) is 0.248. The molecule has 1 saturated heterocycles. The van der Waals surface area contributed by atoms with Gasteiger partial charge in [-0.1, -0.05) is 6.92 Å². The van der Waals surface area contributed by atoms with E-state index in [1.54, 1.807) is 18.2 Å². The van der Waals surface area contributed by atoms with Crippen LogP contribution in [0.2, 0.25) is 0 Å². The van der Waals surface area contributed by atoms with E-state index in [0.717, 1.165) is 13.1 Å². The van der Waals surface area contributed by atoms with E-state index in [9.17, 15) is 9.59 Å². The van der Waals surface area contributed by atoms with Gasteiger partial charge in [0, 0.05) is 5.92 Å². The first-order chi connectivity index (χ1) is 10.9. The highest BCUT2D eigenvalue weighted by Gasteiger charge is 2.29. The van der Waals surface area contributed by atoms with Gasteiger partial charge in [0.05, 0.1) is 24.5 Å². The van der Waals surface area contributed by atoms with Crippen LogP contribution in [0.25, 0.3) is 0 Å². The molecular weight excluding hydrogens is 296 g/mol. The summed E-state index contributed by atoms with van der Waals surface area (Å²) in [6.45, 7) is 7.43. The summed E-state index contributed by atoms with van der Waals surface area (Å²) in [5.41, 5.74) is 0.864. The topological polar surface area (TPSA) is 76.7 Å². The number of rotatable bonds is 6. The summed E-state index contributed by atoms with van der Waals surface area (Å²) in [6, 6.07) is 4.89. The zero-order valence-electron chi connectivity index (χ0n) is 14.0. The van der Waals surface area contributed by atoms with E-state index in [-0.39, 0.29) is 17.9 Å². The highest BCUT2D eigenvalue weighted by atomic mass is 16.5. The van der Waals surface area contributed by atoms with Crippen molar-refractivity contribution in [3.8, 4) is 5.75 Å². The van der Waals surface area contributed by atoms with Crippen molar-refractivity contribution < 1.29 is 19.1 Å². The van der Waals surface area contributed by atoms with Gasteiger partial charge in [-0.15, -0.1) is 0 Å². The average Bonchev–Trinajstić information content (AvgIpc) is 2.45. The summed E-state index contributed by atoms with van der Waals surface area (Å²) in [5, 5.41) is 6.05. The van der Waals surface area contributed by atoms with Gasteiger partial charge >= 0.3 is 5.97 Å². The van der Waals surface area contributed by atoms with Crippen LogP contribution >= 0.6 is 0 Å². The first-order valence-electron chi connectivity index (χ1n) is 7.83. The Labute approximate surface area is 136 Å². The first kappa shape index (κ1) is 17.3. The molecule has 1 heterocycles. The number of carbonyl (C=O) groups excluding carboxylic acids is 2. The van der Waals surface area contributed by atoms with Gasteiger partial charge in [0.1, 0.15) is 5.75 Å². The second-order valence-corrected chi connectivity index (χ2v) is 6.07. The third kappa shape index (κ3) is 4.22. The van der Waals surface area contributed by atoms with Crippen LogP contribution in [0.3, 0.4) is 0 Å². The lowest BCUT2D eigenvalue weighted by molar-refractivity contribution is -0.121. The maximum atomic E-state index is 12.4. The average molecular weight is 320 g/mol. The molecule has 23 heavy (non-hydrogen) atoms. The van der Waals surface area contributed by atoms with Crippen LogP contribution in [0.4, 0.5) is 5.69 Å². The molecule has 0 aliphatic carbocycles. The molecule has 1 unspecified atom stereocenters. The number of benzene rings is 1. The van der Waals surface area contributed by atoms with Crippen molar-refractivity contribution in [3.05, 3.63) is 23.8 Å². The molecule has 1 aliphatic heterocycles. The van der Waals surface area contributed by atoms with Gasteiger partial charge in [-0.25, -0.2) is 4.79 Å². The number of esters is 1. The van der Waals surface area contributed by atoms with E-state index in [0.29, 0.717) is 22.9 Å². The third-order valence-corrected chi connectivity index (χ3v) is 3.95. The van der Waals surface area contributed by atoms with E-state index in [2.05, 4.69) is 10.6 Å². The quantitative estimate of drug-likeness (QED) is 0.785. The Bertz CT molecular complexity index is 582. The van der Waals surface area contributed by atoms with Gasteiger partial charge in [0.15, 0.2) is 0 Å². The molecule has 1 fully saturated rings. The van der Waals surface area contributed by atoms with E-state index < -0.39 is 5.97 Å². The predicted octanol–water partition coefficient (Wildman–Crippen LogP) is 2.05. The Kier molecular flexibility index (Phi) is 5.60. The first-order valence-corrected chi connectivity index (χ1v) is 7.83. The molecule has 0 radical (unpaired) electrons. The van der Waals surface area contributed by atoms with E-state index in [1.165, 1.54) is 7.11 Å². The number of anilines is 1. The second kappa shape index (κ2) is 7.46. The zero-order valence-corrected chi connectivity index (χ0v) is 14.0.